The summed E-state index contributed by atoms with van der Waals surface area (Å²) in [5.41, 5.74) is 10.2. The Morgan fingerprint density at radius 3 is 2.70 bits per heavy atom. The summed E-state index contributed by atoms with van der Waals surface area (Å²) in [5, 5.41) is 12.2. The van der Waals surface area contributed by atoms with Crippen LogP contribution in [0.25, 0.3) is 0 Å². The molecular formula is C22H29N5. The largest absolute Gasteiger partial charge is 0.398 e. The first-order valence-corrected chi connectivity index (χ1v) is 10.1. The van der Waals surface area contributed by atoms with Crippen LogP contribution in [0.2, 0.25) is 0 Å². The molecule has 1 heterocycles. The number of anilines is 2. The molecule has 1 aromatic heterocycles. The van der Waals surface area contributed by atoms with Crippen molar-refractivity contribution in [2.45, 2.75) is 64.3 Å². The Morgan fingerprint density at radius 2 is 1.96 bits per heavy atom. The fraction of sp³-hybridized carbons (Fsp3) is 0.500. The maximum absolute atomic E-state index is 8.67. The average molecular weight is 364 g/mol. The van der Waals surface area contributed by atoms with E-state index >= 15 is 0 Å². The quantitative estimate of drug-likeness (QED) is 0.518. The second kappa shape index (κ2) is 7.29. The van der Waals surface area contributed by atoms with Crippen molar-refractivity contribution in [1.82, 2.24) is 9.97 Å². The lowest BCUT2D eigenvalue weighted by molar-refractivity contribution is 0.462. The number of rotatable bonds is 6. The Kier molecular flexibility index (Phi) is 4.85. The topological polar surface area (TPSA) is 87.7 Å². The molecule has 5 heteroatoms. The second-order valence-corrected chi connectivity index (χ2v) is 8.55. The maximum Gasteiger partial charge on any atom is 0.130 e. The van der Waals surface area contributed by atoms with Crippen LogP contribution < -0.4 is 11.1 Å². The fourth-order valence-electron chi connectivity index (χ4n) is 3.98. The Labute approximate surface area is 161 Å². The van der Waals surface area contributed by atoms with Crippen molar-refractivity contribution < 1.29 is 0 Å². The van der Waals surface area contributed by atoms with Crippen LogP contribution >= 0.6 is 0 Å². The lowest BCUT2D eigenvalue weighted by atomic mass is 9.94. The molecule has 27 heavy (non-hydrogen) atoms. The van der Waals surface area contributed by atoms with Gasteiger partial charge in [-0.15, -0.1) is 0 Å². The highest BCUT2D eigenvalue weighted by Gasteiger charge is 2.37. The Morgan fingerprint density at radius 1 is 1.19 bits per heavy atom. The van der Waals surface area contributed by atoms with Crippen molar-refractivity contribution in [1.29, 1.82) is 5.41 Å². The Hall–Kier alpha value is -2.43. The molecule has 0 aliphatic heterocycles. The van der Waals surface area contributed by atoms with Crippen LogP contribution in [-0.4, -0.2) is 21.7 Å². The standard InChI is InChI=1S/C22H29N5/c1-22(9-10-22)13-15-7-8-18(23)17(11-15)21(24)19-12-20(26-14-25-19)27-16-5-3-2-4-6-16/h7-8,11-12,14,16,24H,2-6,9-10,13,23H2,1H3,(H,25,26,27). The summed E-state index contributed by atoms with van der Waals surface area (Å²) in [5.74, 6) is 0.803. The van der Waals surface area contributed by atoms with Gasteiger partial charge in [0.25, 0.3) is 0 Å². The highest BCUT2D eigenvalue weighted by Crippen LogP contribution is 2.47. The summed E-state index contributed by atoms with van der Waals surface area (Å²) in [6.07, 6.45) is 11.4. The Balaban J connectivity index is 1.53. The molecule has 2 aromatic rings. The van der Waals surface area contributed by atoms with Gasteiger partial charge in [0.1, 0.15) is 12.1 Å². The summed E-state index contributed by atoms with van der Waals surface area (Å²) < 4.78 is 0. The van der Waals surface area contributed by atoms with Crippen LogP contribution in [-0.2, 0) is 6.42 Å². The molecule has 0 radical (unpaired) electrons. The van der Waals surface area contributed by atoms with Crippen LogP contribution in [0, 0.1) is 10.8 Å². The first kappa shape index (κ1) is 18.0. The third-order valence-corrected chi connectivity index (χ3v) is 6.00. The van der Waals surface area contributed by atoms with Crippen molar-refractivity contribution in [3.63, 3.8) is 0 Å². The molecule has 2 saturated carbocycles. The molecular weight excluding hydrogens is 334 g/mol. The van der Waals surface area contributed by atoms with Gasteiger partial charge in [-0.2, -0.15) is 0 Å². The molecule has 1 aromatic carbocycles. The molecule has 0 amide bonds. The molecule has 2 aliphatic carbocycles. The lowest BCUT2D eigenvalue weighted by Gasteiger charge is -2.23. The van der Waals surface area contributed by atoms with Crippen molar-refractivity contribution in [2.75, 3.05) is 11.1 Å². The van der Waals surface area contributed by atoms with Crippen molar-refractivity contribution >= 4 is 17.2 Å². The number of nitrogens with zero attached hydrogens (tertiary/aromatic N) is 2. The fourth-order valence-corrected chi connectivity index (χ4v) is 3.98. The molecule has 142 valence electrons. The van der Waals surface area contributed by atoms with Gasteiger partial charge in [0.2, 0.25) is 0 Å². The average Bonchev–Trinajstić information content (AvgIpc) is 3.40. The van der Waals surface area contributed by atoms with Crippen molar-refractivity contribution in [2.24, 2.45) is 5.41 Å². The van der Waals surface area contributed by atoms with E-state index < -0.39 is 0 Å². The van der Waals surface area contributed by atoms with E-state index in [-0.39, 0.29) is 0 Å². The molecule has 4 rings (SSSR count). The third-order valence-electron chi connectivity index (χ3n) is 6.00. The van der Waals surface area contributed by atoms with Gasteiger partial charge >= 0.3 is 0 Å². The normalized spacial score (nSPS) is 18.9. The molecule has 2 fully saturated rings. The number of benzene rings is 1. The van der Waals surface area contributed by atoms with Crippen LogP contribution in [0.5, 0.6) is 0 Å². The van der Waals surface area contributed by atoms with Gasteiger partial charge in [0.15, 0.2) is 0 Å². The van der Waals surface area contributed by atoms with E-state index in [0.29, 0.717) is 28.5 Å². The van der Waals surface area contributed by atoms with Crippen molar-refractivity contribution in [3.8, 4) is 0 Å². The van der Waals surface area contributed by atoms with E-state index in [0.717, 1.165) is 17.8 Å². The first-order valence-electron chi connectivity index (χ1n) is 10.1. The van der Waals surface area contributed by atoms with Gasteiger partial charge < -0.3 is 11.1 Å². The summed E-state index contributed by atoms with van der Waals surface area (Å²) >= 11 is 0. The number of nitrogens with one attached hydrogen (secondary N) is 2. The highest BCUT2D eigenvalue weighted by atomic mass is 15.0. The smallest absolute Gasteiger partial charge is 0.130 e. The minimum absolute atomic E-state index is 0.365. The minimum Gasteiger partial charge on any atom is -0.398 e. The molecule has 0 unspecified atom stereocenters. The molecule has 2 aliphatic rings. The van der Waals surface area contributed by atoms with E-state index in [1.807, 2.05) is 12.1 Å². The lowest BCUT2D eigenvalue weighted by Crippen LogP contribution is -2.23. The van der Waals surface area contributed by atoms with E-state index in [4.69, 9.17) is 11.1 Å². The van der Waals surface area contributed by atoms with Gasteiger partial charge in [0, 0.05) is 23.4 Å². The molecule has 0 spiro atoms. The molecule has 0 saturated heterocycles. The third kappa shape index (κ3) is 4.29. The number of hydrogen-bond acceptors (Lipinski definition) is 5. The van der Waals surface area contributed by atoms with E-state index in [9.17, 15) is 0 Å². The van der Waals surface area contributed by atoms with E-state index in [1.165, 1.54) is 50.5 Å². The minimum atomic E-state index is 0.365. The number of nitrogen functional groups attached to an aromatic ring is 1. The SMILES string of the molecule is CC1(Cc2ccc(N)c(C(=N)c3cc(NC4CCCCC4)ncn3)c2)CC1. The maximum atomic E-state index is 8.67. The summed E-state index contributed by atoms with van der Waals surface area (Å²) in [6, 6.07) is 8.44. The number of nitrogens with two attached hydrogens (primary N) is 1. The van der Waals surface area contributed by atoms with Gasteiger partial charge in [-0.3, -0.25) is 5.41 Å². The van der Waals surface area contributed by atoms with Crippen molar-refractivity contribution in [3.05, 3.63) is 47.4 Å². The first-order chi connectivity index (χ1) is 13.0. The second-order valence-electron chi connectivity index (χ2n) is 8.55. The van der Waals surface area contributed by atoms with E-state index in [1.54, 1.807) is 6.33 Å². The predicted molar refractivity (Wildman–Crippen MR) is 110 cm³/mol. The molecule has 0 atom stereocenters. The monoisotopic (exact) mass is 363 g/mol. The van der Waals surface area contributed by atoms with E-state index in [2.05, 4.69) is 34.3 Å². The summed E-state index contributed by atoms with van der Waals surface area (Å²) in [7, 11) is 0. The summed E-state index contributed by atoms with van der Waals surface area (Å²) in [6.45, 7) is 2.32. The van der Waals surface area contributed by atoms with Crippen LogP contribution in [0.15, 0.2) is 30.6 Å². The Bertz CT molecular complexity index is 834. The van der Waals surface area contributed by atoms with Crippen LogP contribution in [0.4, 0.5) is 11.5 Å². The zero-order valence-electron chi connectivity index (χ0n) is 16.1. The highest BCUT2D eigenvalue weighted by molar-refractivity contribution is 6.13. The molecule has 4 N–H and O–H groups in total. The van der Waals surface area contributed by atoms with Gasteiger partial charge in [-0.25, -0.2) is 9.97 Å². The zero-order chi connectivity index (χ0) is 18.9. The molecule has 5 nitrogen and oxygen atoms in total. The number of hydrogen-bond donors (Lipinski definition) is 3. The van der Waals surface area contributed by atoms with Crippen LogP contribution in [0.3, 0.4) is 0 Å². The van der Waals surface area contributed by atoms with Crippen LogP contribution in [0.1, 0.15) is 68.7 Å². The number of aromatic nitrogens is 2. The zero-order valence-corrected chi connectivity index (χ0v) is 16.1. The molecule has 0 bridgehead atoms. The van der Waals surface area contributed by atoms with Gasteiger partial charge in [0.05, 0.1) is 11.4 Å². The van der Waals surface area contributed by atoms with Gasteiger partial charge in [-0.1, -0.05) is 32.3 Å². The summed E-state index contributed by atoms with van der Waals surface area (Å²) in [4.78, 5) is 8.69. The van der Waals surface area contributed by atoms with Gasteiger partial charge in [-0.05, 0) is 55.2 Å². The predicted octanol–water partition coefficient (Wildman–Crippen LogP) is 4.56.